The van der Waals surface area contributed by atoms with Gasteiger partial charge in [0, 0.05) is 41.9 Å². The Bertz CT molecular complexity index is 1170. The van der Waals surface area contributed by atoms with Crippen LogP contribution in [-0.2, 0) is 12.6 Å². The molecule has 2 fully saturated rings. The molecule has 3 atom stereocenters. The summed E-state index contributed by atoms with van der Waals surface area (Å²) in [7, 11) is 0. The van der Waals surface area contributed by atoms with E-state index in [0.717, 1.165) is 31.5 Å². The number of carbonyl (C=O) groups excluding carboxylic acids is 1. The smallest absolute Gasteiger partial charge is 0.332 e. The van der Waals surface area contributed by atoms with Crippen molar-refractivity contribution in [2.75, 3.05) is 0 Å². The molecule has 2 aromatic heterocycles. The standard InChI is InChI=1S/C24H20F4N4O/c25-16-3-6-19(22-29-8-1-9-30-22)20(12-16)23(33)32-18-5-7-21(32)14(11-18)10-17-4-2-15(13-31-17)24(26,27)28/h1-4,6,8-9,12-14,18,21H,5,7,10-11H2. The van der Waals surface area contributed by atoms with Gasteiger partial charge in [0.1, 0.15) is 5.82 Å². The predicted octanol–water partition coefficient (Wildman–Crippen LogP) is 4.93. The number of fused-ring (bicyclic) bond motifs is 2. The fraction of sp³-hybridized carbons (Fsp3) is 0.333. The molecular formula is C24H20F4N4O. The van der Waals surface area contributed by atoms with Crippen LogP contribution in [0, 0.1) is 11.7 Å². The first kappa shape index (κ1) is 21.5. The highest BCUT2D eigenvalue weighted by Crippen LogP contribution is 2.44. The van der Waals surface area contributed by atoms with Crippen molar-refractivity contribution >= 4 is 5.91 Å². The lowest BCUT2D eigenvalue weighted by Gasteiger charge is -2.25. The molecule has 170 valence electrons. The van der Waals surface area contributed by atoms with Gasteiger partial charge < -0.3 is 4.90 Å². The number of halogens is 4. The van der Waals surface area contributed by atoms with Gasteiger partial charge in [0.25, 0.3) is 5.91 Å². The second-order valence-corrected chi connectivity index (χ2v) is 8.51. The molecule has 4 heterocycles. The third-order valence-corrected chi connectivity index (χ3v) is 6.54. The van der Waals surface area contributed by atoms with Crippen molar-refractivity contribution in [1.82, 2.24) is 19.9 Å². The zero-order valence-electron chi connectivity index (χ0n) is 17.5. The molecule has 33 heavy (non-hydrogen) atoms. The van der Waals surface area contributed by atoms with E-state index in [4.69, 9.17) is 0 Å². The van der Waals surface area contributed by atoms with Crippen LogP contribution in [0.25, 0.3) is 11.4 Å². The molecule has 0 aliphatic carbocycles. The number of aromatic nitrogens is 3. The molecule has 2 aliphatic heterocycles. The van der Waals surface area contributed by atoms with Gasteiger partial charge in [-0.2, -0.15) is 13.2 Å². The molecule has 0 N–H and O–H groups in total. The van der Waals surface area contributed by atoms with Gasteiger partial charge in [-0.15, -0.1) is 0 Å². The topological polar surface area (TPSA) is 59.0 Å². The van der Waals surface area contributed by atoms with Crippen LogP contribution in [0.1, 0.15) is 40.9 Å². The van der Waals surface area contributed by atoms with E-state index in [1.807, 2.05) is 4.90 Å². The summed E-state index contributed by atoms with van der Waals surface area (Å²) in [5.41, 5.74) is 0.468. The lowest BCUT2D eigenvalue weighted by atomic mass is 9.86. The van der Waals surface area contributed by atoms with Crippen molar-refractivity contribution in [2.45, 2.75) is 43.9 Å². The van der Waals surface area contributed by atoms with Crippen molar-refractivity contribution in [3.63, 3.8) is 0 Å². The summed E-state index contributed by atoms with van der Waals surface area (Å²) >= 11 is 0. The minimum absolute atomic E-state index is 0.00903. The number of alkyl halides is 3. The Morgan fingerprint density at radius 1 is 1.06 bits per heavy atom. The second-order valence-electron chi connectivity index (χ2n) is 8.51. The summed E-state index contributed by atoms with van der Waals surface area (Å²) in [6, 6.07) is 8.05. The van der Waals surface area contributed by atoms with E-state index in [0.29, 0.717) is 23.5 Å². The molecule has 2 aliphatic rings. The molecule has 3 unspecified atom stereocenters. The number of carbonyl (C=O) groups is 1. The van der Waals surface area contributed by atoms with Crippen LogP contribution < -0.4 is 0 Å². The minimum atomic E-state index is -4.42. The molecule has 2 saturated heterocycles. The maximum absolute atomic E-state index is 14.1. The Hall–Kier alpha value is -3.36. The summed E-state index contributed by atoms with van der Waals surface area (Å²) < 4.78 is 52.5. The number of benzene rings is 1. The Kier molecular flexibility index (Phi) is 5.34. The molecule has 1 amide bonds. The number of hydrogen-bond acceptors (Lipinski definition) is 4. The lowest BCUT2D eigenvalue weighted by Crippen LogP contribution is -2.37. The first-order valence-corrected chi connectivity index (χ1v) is 10.7. The largest absolute Gasteiger partial charge is 0.417 e. The monoisotopic (exact) mass is 456 g/mol. The maximum atomic E-state index is 14.1. The van der Waals surface area contributed by atoms with E-state index in [1.54, 1.807) is 18.5 Å². The minimum Gasteiger partial charge on any atom is -0.332 e. The van der Waals surface area contributed by atoms with Gasteiger partial charge in [-0.3, -0.25) is 9.78 Å². The van der Waals surface area contributed by atoms with Gasteiger partial charge in [0.15, 0.2) is 5.82 Å². The van der Waals surface area contributed by atoms with E-state index in [9.17, 15) is 22.4 Å². The summed E-state index contributed by atoms with van der Waals surface area (Å²) in [5.74, 6) is -0.359. The van der Waals surface area contributed by atoms with Gasteiger partial charge in [-0.25, -0.2) is 14.4 Å². The first-order chi connectivity index (χ1) is 15.8. The third-order valence-electron chi connectivity index (χ3n) is 6.54. The van der Waals surface area contributed by atoms with E-state index in [-0.39, 0.29) is 29.5 Å². The number of pyridine rings is 1. The molecule has 0 saturated carbocycles. The van der Waals surface area contributed by atoms with Crippen LogP contribution in [-0.4, -0.2) is 37.8 Å². The van der Waals surface area contributed by atoms with Crippen LogP contribution >= 0.6 is 0 Å². The van der Waals surface area contributed by atoms with Gasteiger partial charge in [-0.1, -0.05) is 0 Å². The molecule has 9 heteroatoms. The Morgan fingerprint density at radius 2 is 1.85 bits per heavy atom. The van der Waals surface area contributed by atoms with Crippen LogP contribution in [0.4, 0.5) is 17.6 Å². The number of nitrogens with zero attached hydrogens (tertiary/aromatic N) is 4. The average molecular weight is 456 g/mol. The molecule has 3 aromatic rings. The highest BCUT2D eigenvalue weighted by atomic mass is 19.4. The van der Waals surface area contributed by atoms with E-state index >= 15 is 0 Å². The van der Waals surface area contributed by atoms with E-state index in [2.05, 4.69) is 15.0 Å². The Morgan fingerprint density at radius 3 is 2.55 bits per heavy atom. The highest BCUT2D eigenvalue weighted by Gasteiger charge is 2.49. The van der Waals surface area contributed by atoms with Crippen molar-refractivity contribution in [2.24, 2.45) is 5.92 Å². The predicted molar refractivity (Wildman–Crippen MR) is 111 cm³/mol. The summed E-state index contributed by atoms with van der Waals surface area (Å²) in [4.78, 5) is 27.8. The van der Waals surface area contributed by atoms with Crippen LogP contribution in [0.15, 0.2) is 55.0 Å². The molecular weight excluding hydrogens is 436 g/mol. The molecule has 0 radical (unpaired) electrons. The van der Waals surface area contributed by atoms with E-state index < -0.39 is 17.6 Å². The molecule has 1 aromatic carbocycles. The van der Waals surface area contributed by atoms with Crippen molar-refractivity contribution in [3.05, 3.63) is 77.6 Å². The Balaban J connectivity index is 1.39. The normalized spacial score (nSPS) is 22.1. The van der Waals surface area contributed by atoms with Crippen molar-refractivity contribution < 1.29 is 22.4 Å². The summed E-state index contributed by atoms with van der Waals surface area (Å²) in [6.45, 7) is 0. The zero-order chi connectivity index (χ0) is 23.2. The summed E-state index contributed by atoms with van der Waals surface area (Å²) in [5, 5.41) is 0. The maximum Gasteiger partial charge on any atom is 0.417 e. The lowest BCUT2D eigenvalue weighted by molar-refractivity contribution is -0.137. The molecule has 5 nitrogen and oxygen atoms in total. The van der Waals surface area contributed by atoms with Crippen LogP contribution in [0.2, 0.25) is 0 Å². The first-order valence-electron chi connectivity index (χ1n) is 10.7. The number of hydrogen-bond donors (Lipinski definition) is 0. The van der Waals surface area contributed by atoms with Crippen molar-refractivity contribution in [1.29, 1.82) is 0 Å². The van der Waals surface area contributed by atoms with Gasteiger partial charge >= 0.3 is 6.18 Å². The average Bonchev–Trinajstić information content (AvgIpc) is 3.36. The van der Waals surface area contributed by atoms with Crippen LogP contribution in [0.3, 0.4) is 0 Å². The summed E-state index contributed by atoms with van der Waals surface area (Å²) in [6.07, 6.45) is 2.43. The SMILES string of the molecule is O=C(c1cc(F)ccc1-c1ncccn1)N1C2CCC1C(Cc1ccc(C(F)(F)F)cn1)C2. The quantitative estimate of drug-likeness (QED) is 0.523. The molecule has 5 rings (SSSR count). The second kappa shape index (κ2) is 8.20. The zero-order valence-corrected chi connectivity index (χ0v) is 17.5. The van der Waals surface area contributed by atoms with Crippen molar-refractivity contribution in [3.8, 4) is 11.4 Å². The van der Waals surface area contributed by atoms with Crippen LogP contribution in [0.5, 0.6) is 0 Å². The van der Waals surface area contributed by atoms with Gasteiger partial charge in [0.05, 0.1) is 11.1 Å². The van der Waals surface area contributed by atoms with E-state index in [1.165, 1.54) is 24.3 Å². The molecule has 0 spiro atoms. The fourth-order valence-electron chi connectivity index (χ4n) is 5.10. The molecule has 2 bridgehead atoms. The highest BCUT2D eigenvalue weighted by molar-refractivity contribution is 6.00. The Labute approximate surface area is 187 Å². The fourth-order valence-corrected chi connectivity index (χ4v) is 5.10. The van der Waals surface area contributed by atoms with Gasteiger partial charge in [0.2, 0.25) is 0 Å². The van der Waals surface area contributed by atoms with Gasteiger partial charge in [-0.05, 0) is 68.0 Å². The number of rotatable bonds is 4. The number of amides is 1. The third kappa shape index (κ3) is 4.07.